The lowest BCUT2D eigenvalue weighted by Crippen LogP contribution is -2.29. The third-order valence-corrected chi connectivity index (χ3v) is 3.52. The van der Waals surface area contributed by atoms with Gasteiger partial charge in [0.05, 0.1) is 17.2 Å². The Hall–Kier alpha value is -1.01. The number of anilines is 1. The molecule has 0 spiro atoms. The Morgan fingerprint density at radius 3 is 2.77 bits per heavy atom. The number of rotatable bonds is 5. The zero-order valence-electron chi connectivity index (χ0n) is 12.7. The Balaban J connectivity index is 0.00000242. The lowest BCUT2D eigenvalue weighted by Gasteiger charge is -2.15. The minimum Gasteiger partial charge on any atom is -0.489 e. The van der Waals surface area contributed by atoms with Crippen LogP contribution in [0.2, 0.25) is 5.02 Å². The summed E-state index contributed by atoms with van der Waals surface area (Å²) in [5.41, 5.74) is 6.16. The molecule has 1 fully saturated rings. The third-order valence-electron chi connectivity index (χ3n) is 3.22. The molecule has 7 heteroatoms. The first-order chi connectivity index (χ1) is 9.99. The first-order valence-electron chi connectivity index (χ1n) is 7.12. The highest BCUT2D eigenvalue weighted by molar-refractivity contribution is 6.32. The number of hydrogen-bond donors (Lipinski definition) is 2. The minimum absolute atomic E-state index is 0. The van der Waals surface area contributed by atoms with E-state index in [0.29, 0.717) is 29.4 Å². The van der Waals surface area contributed by atoms with Gasteiger partial charge in [-0.1, -0.05) is 11.6 Å². The molecule has 0 saturated carbocycles. The fourth-order valence-electron chi connectivity index (χ4n) is 2.22. The van der Waals surface area contributed by atoms with Gasteiger partial charge in [0.15, 0.2) is 0 Å². The second-order valence-electron chi connectivity index (χ2n) is 5.36. The van der Waals surface area contributed by atoms with Crippen molar-refractivity contribution in [2.75, 3.05) is 11.9 Å². The Morgan fingerprint density at radius 2 is 2.23 bits per heavy atom. The number of nitrogens with two attached hydrogens (primary N) is 1. The number of hydrogen-bond acceptors (Lipinski definition) is 4. The summed E-state index contributed by atoms with van der Waals surface area (Å²) in [7, 11) is 0. The predicted octanol–water partition coefficient (Wildman–Crippen LogP) is 2.99. The molecule has 0 aliphatic carbocycles. The molecule has 0 radical (unpaired) electrons. The third kappa shape index (κ3) is 5.02. The van der Waals surface area contributed by atoms with Crippen LogP contribution in [0.1, 0.15) is 26.7 Å². The number of halogens is 2. The molecule has 1 aliphatic heterocycles. The van der Waals surface area contributed by atoms with Crippen LogP contribution in [0.4, 0.5) is 5.69 Å². The summed E-state index contributed by atoms with van der Waals surface area (Å²) < 4.78 is 11.1. The maximum atomic E-state index is 12.1. The zero-order chi connectivity index (χ0) is 15.4. The van der Waals surface area contributed by atoms with Gasteiger partial charge >= 0.3 is 0 Å². The average molecular weight is 349 g/mol. The summed E-state index contributed by atoms with van der Waals surface area (Å²) in [5.74, 6) is 0.435. The summed E-state index contributed by atoms with van der Waals surface area (Å²) in [6.45, 7) is 4.30. The first kappa shape index (κ1) is 19.0. The number of amides is 1. The fourth-order valence-corrected chi connectivity index (χ4v) is 2.45. The Morgan fingerprint density at radius 1 is 1.50 bits per heavy atom. The van der Waals surface area contributed by atoms with E-state index in [1.165, 1.54) is 0 Å². The number of ether oxygens (including phenoxy) is 2. The summed E-state index contributed by atoms with van der Waals surface area (Å²) in [6, 6.07) is 5.18. The molecular formula is C15H22Cl2N2O3. The van der Waals surface area contributed by atoms with Gasteiger partial charge in [-0.15, -0.1) is 12.4 Å². The Labute approximate surface area is 141 Å². The van der Waals surface area contributed by atoms with Gasteiger partial charge in [0.2, 0.25) is 0 Å². The lowest BCUT2D eigenvalue weighted by molar-refractivity contribution is -0.126. The van der Waals surface area contributed by atoms with Crippen LogP contribution in [0.15, 0.2) is 18.2 Å². The van der Waals surface area contributed by atoms with Crippen molar-refractivity contribution in [3.8, 4) is 5.75 Å². The van der Waals surface area contributed by atoms with Crippen molar-refractivity contribution in [2.45, 2.75) is 45.0 Å². The van der Waals surface area contributed by atoms with Gasteiger partial charge in [0, 0.05) is 12.2 Å². The maximum absolute atomic E-state index is 12.1. The molecule has 1 aliphatic rings. The van der Waals surface area contributed by atoms with Gasteiger partial charge in [-0.2, -0.15) is 0 Å². The molecule has 3 N–H and O–H groups in total. The van der Waals surface area contributed by atoms with E-state index in [1.807, 2.05) is 13.8 Å². The van der Waals surface area contributed by atoms with E-state index in [1.54, 1.807) is 18.2 Å². The highest BCUT2D eigenvalue weighted by atomic mass is 35.5. The smallest absolute Gasteiger partial charge is 0.253 e. The molecule has 0 unspecified atom stereocenters. The van der Waals surface area contributed by atoms with E-state index >= 15 is 0 Å². The monoisotopic (exact) mass is 348 g/mol. The number of carbonyl (C=O) groups excluding carboxylic acids is 1. The minimum atomic E-state index is -0.441. The number of benzene rings is 1. The number of carbonyl (C=O) groups is 1. The molecule has 1 amide bonds. The van der Waals surface area contributed by atoms with Gasteiger partial charge in [-0.05, 0) is 44.9 Å². The highest BCUT2D eigenvalue weighted by Crippen LogP contribution is 2.29. The van der Waals surface area contributed by atoms with Gasteiger partial charge in [0.25, 0.3) is 5.91 Å². The summed E-state index contributed by atoms with van der Waals surface area (Å²) in [6.07, 6.45) is 1.09. The van der Waals surface area contributed by atoms with Gasteiger partial charge in [-0.3, -0.25) is 4.79 Å². The van der Waals surface area contributed by atoms with Crippen molar-refractivity contribution in [1.29, 1.82) is 0 Å². The van der Waals surface area contributed by atoms with Crippen molar-refractivity contribution in [3.63, 3.8) is 0 Å². The molecule has 1 saturated heterocycles. The van der Waals surface area contributed by atoms with Crippen molar-refractivity contribution in [2.24, 2.45) is 5.73 Å². The summed E-state index contributed by atoms with van der Waals surface area (Å²) in [4.78, 5) is 12.1. The highest BCUT2D eigenvalue weighted by Gasteiger charge is 2.29. The molecule has 124 valence electrons. The van der Waals surface area contributed by atoms with Crippen molar-refractivity contribution >= 4 is 35.6 Å². The number of nitrogens with one attached hydrogen (secondary N) is 1. The molecule has 0 bridgehead atoms. The van der Waals surface area contributed by atoms with E-state index in [4.69, 9.17) is 26.8 Å². The van der Waals surface area contributed by atoms with Crippen molar-refractivity contribution in [1.82, 2.24) is 0 Å². The van der Waals surface area contributed by atoms with E-state index in [2.05, 4.69) is 5.32 Å². The molecule has 22 heavy (non-hydrogen) atoms. The molecule has 2 rings (SSSR count). The molecule has 1 heterocycles. The second kappa shape index (κ2) is 8.58. The van der Waals surface area contributed by atoms with Crippen LogP contribution < -0.4 is 15.8 Å². The van der Waals surface area contributed by atoms with Gasteiger partial charge < -0.3 is 20.5 Å². The molecule has 1 aromatic carbocycles. The van der Waals surface area contributed by atoms with E-state index in [0.717, 1.165) is 6.42 Å². The summed E-state index contributed by atoms with van der Waals surface area (Å²) in [5, 5.41) is 3.27. The second-order valence-corrected chi connectivity index (χ2v) is 5.77. The van der Waals surface area contributed by atoms with Crippen LogP contribution in [0.25, 0.3) is 0 Å². The molecule has 0 aromatic heterocycles. The molecule has 1 aromatic rings. The van der Waals surface area contributed by atoms with Crippen LogP contribution in [0.5, 0.6) is 5.75 Å². The standard InChI is InChI=1S/C15H21ClN2O3.ClH/c1-9(2)20-13-5-3-10(7-12(13)16)18-15(19)14-6-4-11(8-17)21-14;/h3,5,7,9,11,14H,4,6,8,17H2,1-2H3,(H,18,19);1H/t11-,14+;/m1./s1. The molecular weight excluding hydrogens is 327 g/mol. The quantitative estimate of drug-likeness (QED) is 0.857. The zero-order valence-corrected chi connectivity index (χ0v) is 14.2. The Bertz CT molecular complexity index is 512. The lowest BCUT2D eigenvalue weighted by atomic mass is 10.2. The van der Waals surface area contributed by atoms with Gasteiger partial charge in [-0.25, -0.2) is 0 Å². The fraction of sp³-hybridized carbons (Fsp3) is 0.533. The summed E-state index contributed by atoms with van der Waals surface area (Å²) >= 11 is 6.14. The van der Waals surface area contributed by atoms with E-state index in [-0.39, 0.29) is 30.5 Å². The van der Waals surface area contributed by atoms with Crippen LogP contribution in [-0.2, 0) is 9.53 Å². The first-order valence-corrected chi connectivity index (χ1v) is 7.50. The van der Waals surface area contributed by atoms with Crippen LogP contribution in [0, 0.1) is 0 Å². The topological polar surface area (TPSA) is 73.6 Å². The molecule has 5 nitrogen and oxygen atoms in total. The van der Waals surface area contributed by atoms with Crippen LogP contribution in [0.3, 0.4) is 0 Å². The van der Waals surface area contributed by atoms with E-state index < -0.39 is 6.10 Å². The molecule has 2 atom stereocenters. The van der Waals surface area contributed by atoms with Crippen LogP contribution in [-0.4, -0.2) is 30.8 Å². The average Bonchev–Trinajstić information content (AvgIpc) is 2.90. The SMILES string of the molecule is CC(C)Oc1ccc(NC(=O)[C@@H]2CC[C@H](CN)O2)cc1Cl.Cl. The van der Waals surface area contributed by atoms with Crippen molar-refractivity contribution in [3.05, 3.63) is 23.2 Å². The van der Waals surface area contributed by atoms with Crippen LogP contribution >= 0.6 is 24.0 Å². The Kier molecular flexibility index (Phi) is 7.42. The normalized spacial score (nSPS) is 20.6. The maximum Gasteiger partial charge on any atom is 0.253 e. The van der Waals surface area contributed by atoms with E-state index in [9.17, 15) is 4.79 Å². The van der Waals surface area contributed by atoms with Gasteiger partial charge in [0.1, 0.15) is 11.9 Å². The van der Waals surface area contributed by atoms with Crippen molar-refractivity contribution < 1.29 is 14.3 Å². The largest absolute Gasteiger partial charge is 0.489 e. The predicted molar refractivity (Wildman–Crippen MR) is 90.0 cm³/mol.